The molecule has 3 aliphatic carbocycles. The predicted molar refractivity (Wildman–Crippen MR) is 116 cm³/mol. The molecule has 0 saturated heterocycles. The van der Waals surface area contributed by atoms with Gasteiger partial charge in [0.2, 0.25) is 0 Å². The highest BCUT2D eigenvalue weighted by Gasteiger charge is 2.69. The Morgan fingerprint density at radius 2 is 1.88 bits per heavy atom. The third-order valence-corrected chi connectivity index (χ3v) is 8.66. The fourth-order valence-corrected chi connectivity index (χ4v) is 7.49. The molecule has 182 valence electrons. The van der Waals surface area contributed by atoms with Gasteiger partial charge in [-0.05, 0) is 51.0 Å². The van der Waals surface area contributed by atoms with Crippen LogP contribution in [0.3, 0.4) is 0 Å². The summed E-state index contributed by atoms with van der Waals surface area (Å²) < 4.78 is 22.5. The first kappa shape index (κ1) is 23.8. The van der Waals surface area contributed by atoms with E-state index in [1.165, 1.54) is 21.0 Å². The molecule has 2 saturated carbocycles. The van der Waals surface area contributed by atoms with E-state index in [1.54, 1.807) is 19.3 Å². The number of esters is 3. The van der Waals surface area contributed by atoms with Crippen molar-refractivity contribution in [3.63, 3.8) is 0 Å². The second-order valence-corrected chi connectivity index (χ2v) is 10.5. The molecule has 8 heteroatoms. The van der Waals surface area contributed by atoms with E-state index in [-0.39, 0.29) is 24.4 Å². The largest absolute Gasteiger partial charge is 0.469 e. The standard InChI is InChI=1S/C25H34O8/c1-14(26)32-13-25-9-6-8-23(3,22(28)30-5)21(25)20(33-15(2)27)11-17-18(25)12-19-16(7-10-31-19)24(17,4)29/h7,10,17-18,20-21,29H,6,8-9,11-13H2,1-5H3/t17-,18+,20-,21+,23-,24+,25+/m1/s1. The molecule has 4 rings (SSSR count). The van der Waals surface area contributed by atoms with Gasteiger partial charge >= 0.3 is 17.9 Å². The molecule has 2 fully saturated rings. The highest BCUT2D eigenvalue weighted by atomic mass is 16.5. The minimum Gasteiger partial charge on any atom is -0.469 e. The van der Waals surface area contributed by atoms with Crippen molar-refractivity contribution in [2.24, 2.45) is 28.6 Å². The lowest BCUT2D eigenvalue weighted by Crippen LogP contribution is -2.67. The Morgan fingerprint density at radius 1 is 1.15 bits per heavy atom. The molecule has 0 bridgehead atoms. The van der Waals surface area contributed by atoms with Gasteiger partial charge in [-0.25, -0.2) is 0 Å². The molecule has 0 amide bonds. The molecule has 1 heterocycles. The van der Waals surface area contributed by atoms with E-state index in [1.807, 2.05) is 6.92 Å². The van der Waals surface area contributed by atoms with Crippen molar-refractivity contribution in [2.45, 2.75) is 71.5 Å². The topological polar surface area (TPSA) is 112 Å². The Labute approximate surface area is 193 Å². The van der Waals surface area contributed by atoms with Crippen molar-refractivity contribution in [3.05, 3.63) is 23.7 Å². The molecule has 0 aromatic carbocycles. The highest BCUT2D eigenvalue weighted by molar-refractivity contribution is 5.77. The Balaban J connectivity index is 1.92. The number of furan rings is 1. The lowest BCUT2D eigenvalue weighted by Gasteiger charge is -2.64. The van der Waals surface area contributed by atoms with E-state index < -0.39 is 40.4 Å². The molecule has 1 aromatic heterocycles. The van der Waals surface area contributed by atoms with Crippen LogP contribution in [0, 0.1) is 28.6 Å². The maximum atomic E-state index is 13.2. The van der Waals surface area contributed by atoms with Crippen molar-refractivity contribution in [1.29, 1.82) is 0 Å². The summed E-state index contributed by atoms with van der Waals surface area (Å²) in [4.78, 5) is 37.3. The molecule has 0 unspecified atom stereocenters. The molecule has 0 spiro atoms. The smallest absolute Gasteiger partial charge is 0.311 e. The molecule has 8 nitrogen and oxygen atoms in total. The van der Waals surface area contributed by atoms with Gasteiger partial charge in [0.15, 0.2) is 0 Å². The number of rotatable bonds is 4. The predicted octanol–water partition coefficient (Wildman–Crippen LogP) is 3.14. The van der Waals surface area contributed by atoms with Gasteiger partial charge < -0.3 is 23.7 Å². The van der Waals surface area contributed by atoms with Crippen molar-refractivity contribution >= 4 is 17.9 Å². The van der Waals surface area contributed by atoms with Gasteiger partial charge in [-0.15, -0.1) is 0 Å². The first-order valence-electron chi connectivity index (χ1n) is 11.7. The molecule has 1 aromatic rings. The second kappa shape index (κ2) is 8.15. The maximum Gasteiger partial charge on any atom is 0.311 e. The normalized spacial score (nSPS) is 39.5. The average molecular weight is 463 g/mol. The van der Waals surface area contributed by atoms with Crippen LogP contribution in [0.15, 0.2) is 16.7 Å². The summed E-state index contributed by atoms with van der Waals surface area (Å²) >= 11 is 0. The molecular weight excluding hydrogens is 428 g/mol. The maximum absolute atomic E-state index is 13.2. The van der Waals surface area contributed by atoms with Crippen molar-refractivity contribution in [1.82, 2.24) is 0 Å². The monoisotopic (exact) mass is 462 g/mol. The van der Waals surface area contributed by atoms with E-state index in [2.05, 4.69) is 0 Å². The van der Waals surface area contributed by atoms with Crippen LogP contribution in [0.4, 0.5) is 0 Å². The number of fused-ring (bicyclic) bond motifs is 4. The van der Waals surface area contributed by atoms with Gasteiger partial charge in [-0.1, -0.05) is 6.42 Å². The van der Waals surface area contributed by atoms with Crippen LogP contribution < -0.4 is 0 Å². The number of hydrogen-bond acceptors (Lipinski definition) is 8. The Hall–Kier alpha value is -2.35. The van der Waals surface area contributed by atoms with E-state index in [0.717, 1.165) is 5.56 Å². The highest BCUT2D eigenvalue weighted by Crippen LogP contribution is 2.66. The van der Waals surface area contributed by atoms with E-state index in [4.69, 9.17) is 18.6 Å². The first-order valence-corrected chi connectivity index (χ1v) is 11.7. The van der Waals surface area contributed by atoms with Gasteiger partial charge in [0.05, 0.1) is 31.0 Å². The molecular formula is C25H34O8. The van der Waals surface area contributed by atoms with Gasteiger partial charge in [0, 0.05) is 37.2 Å². The third-order valence-electron chi connectivity index (χ3n) is 8.66. The Bertz CT molecular complexity index is 948. The van der Waals surface area contributed by atoms with Crippen LogP contribution in [0.2, 0.25) is 0 Å². The number of carbonyl (C=O) groups excluding carboxylic acids is 3. The number of methoxy groups -OCH3 is 1. The minimum absolute atomic E-state index is 0.0740. The molecule has 0 aliphatic heterocycles. The zero-order valence-corrected chi connectivity index (χ0v) is 20.0. The van der Waals surface area contributed by atoms with Gasteiger partial charge in [0.25, 0.3) is 0 Å². The third kappa shape index (κ3) is 3.57. The Kier molecular flexibility index (Phi) is 5.88. The zero-order valence-electron chi connectivity index (χ0n) is 20.0. The minimum atomic E-state index is -1.23. The average Bonchev–Trinajstić information content (AvgIpc) is 3.22. The Morgan fingerprint density at radius 3 is 2.52 bits per heavy atom. The van der Waals surface area contributed by atoms with Crippen LogP contribution >= 0.6 is 0 Å². The number of aliphatic hydroxyl groups is 1. The summed E-state index contributed by atoms with van der Waals surface area (Å²) in [5.41, 5.74) is -2.13. The van der Waals surface area contributed by atoms with Gasteiger partial charge in [-0.3, -0.25) is 14.4 Å². The summed E-state index contributed by atoms with van der Waals surface area (Å²) in [7, 11) is 1.36. The molecule has 3 aliphatic rings. The number of ether oxygens (including phenoxy) is 3. The fraction of sp³-hybridized carbons (Fsp3) is 0.720. The van der Waals surface area contributed by atoms with Crippen molar-refractivity contribution in [3.8, 4) is 0 Å². The second-order valence-electron chi connectivity index (χ2n) is 10.5. The van der Waals surface area contributed by atoms with Crippen molar-refractivity contribution < 1.29 is 38.1 Å². The van der Waals surface area contributed by atoms with Crippen molar-refractivity contribution in [2.75, 3.05) is 13.7 Å². The first-order chi connectivity index (χ1) is 15.5. The van der Waals surface area contributed by atoms with Gasteiger partial charge in [0.1, 0.15) is 11.9 Å². The fourth-order valence-electron chi connectivity index (χ4n) is 7.49. The summed E-state index contributed by atoms with van der Waals surface area (Å²) in [6, 6.07) is 1.79. The lowest BCUT2D eigenvalue weighted by atomic mass is 9.41. The van der Waals surface area contributed by atoms with E-state index in [9.17, 15) is 19.5 Å². The van der Waals surface area contributed by atoms with Crippen LogP contribution in [-0.2, 0) is 40.6 Å². The quantitative estimate of drug-likeness (QED) is 0.536. The van der Waals surface area contributed by atoms with Crippen LogP contribution in [0.5, 0.6) is 0 Å². The lowest BCUT2D eigenvalue weighted by molar-refractivity contribution is -0.238. The van der Waals surface area contributed by atoms with Gasteiger partial charge in [-0.2, -0.15) is 0 Å². The summed E-state index contributed by atoms with van der Waals surface area (Å²) in [5.74, 6) is -1.39. The summed E-state index contributed by atoms with van der Waals surface area (Å²) in [5, 5.41) is 11.7. The number of hydrogen-bond donors (Lipinski definition) is 1. The molecule has 7 atom stereocenters. The molecule has 33 heavy (non-hydrogen) atoms. The van der Waals surface area contributed by atoms with E-state index in [0.29, 0.717) is 37.9 Å². The van der Waals surface area contributed by atoms with Crippen LogP contribution in [0.1, 0.15) is 64.7 Å². The summed E-state index contributed by atoms with van der Waals surface area (Å²) in [6.45, 7) is 6.42. The SMILES string of the molecule is COC(=O)[C@]1(C)CCC[C@@]2(COC(C)=O)[C@H]1[C@H](OC(C)=O)C[C@@H]1[C@@H]2Cc2occc2[C@]1(C)O. The van der Waals surface area contributed by atoms with E-state index >= 15 is 0 Å². The molecule has 0 radical (unpaired) electrons. The molecule has 1 N–H and O–H groups in total. The zero-order chi connectivity index (χ0) is 24.2. The number of carbonyl (C=O) groups is 3. The van der Waals surface area contributed by atoms with Crippen LogP contribution in [-0.4, -0.2) is 42.8 Å². The summed E-state index contributed by atoms with van der Waals surface area (Å²) in [6.07, 6.45) is 3.84. The van der Waals surface area contributed by atoms with Crippen LogP contribution in [0.25, 0.3) is 0 Å².